The standard InChI is InChI=1S/C9H7BrFNO2/c1-6(5-10)9-7(11)3-2-4-8(9)12(13)14/h2-4H,1,5H2. The molecule has 0 spiro atoms. The summed E-state index contributed by atoms with van der Waals surface area (Å²) in [5.41, 5.74) is 0.0682. The van der Waals surface area contributed by atoms with E-state index in [2.05, 4.69) is 22.5 Å². The molecule has 1 aromatic rings. The van der Waals surface area contributed by atoms with Crippen LogP contribution >= 0.6 is 15.9 Å². The summed E-state index contributed by atoms with van der Waals surface area (Å²) in [6.45, 7) is 3.56. The van der Waals surface area contributed by atoms with E-state index in [-0.39, 0.29) is 11.3 Å². The molecule has 0 aliphatic rings. The summed E-state index contributed by atoms with van der Waals surface area (Å²) in [6, 6.07) is 3.74. The van der Waals surface area contributed by atoms with Gasteiger partial charge in [0, 0.05) is 11.4 Å². The molecule has 0 bridgehead atoms. The predicted molar refractivity (Wildman–Crippen MR) is 55.9 cm³/mol. The number of hydrogen-bond donors (Lipinski definition) is 0. The predicted octanol–water partition coefficient (Wildman–Crippen LogP) is 3.14. The van der Waals surface area contributed by atoms with E-state index in [4.69, 9.17) is 0 Å². The van der Waals surface area contributed by atoms with Gasteiger partial charge in [0.05, 0.1) is 10.5 Å². The number of nitrogens with zero attached hydrogens (tertiary/aromatic N) is 1. The Kier molecular flexibility index (Phi) is 3.35. The Hall–Kier alpha value is -1.23. The van der Waals surface area contributed by atoms with Gasteiger partial charge in [0.2, 0.25) is 0 Å². The molecule has 0 aliphatic heterocycles. The highest BCUT2D eigenvalue weighted by Gasteiger charge is 2.19. The molecule has 0 aromatic heterocycles. The molecule has 0 saturated heterocycles. The summed E-state index contributed by atoms with van der Waals surface area (Å²) >= 11 is 3.08. The first-order valence-corrected chi connectivity index (χ1v) is 4.87. The number of nitro benzene ring substituents is 1. The lowest BCUT2D eigenvalue weighted by atomic mass is 10.1. The Labute approximate surface area is 88.5 Å². The average Bonchev–Trinajstić information content (AvgIpc) is 2.16. The fraction of sp³-hybridized carbons (Fsp3) is 0.111. The van der Waals surface area contributed by atoms with Crippen molar-refractivity contribution >= 4 is 27.2 Å². The molecule has 0 amide bonds. The Morgan fingerprint density at radius 1 is 1.64 bits per heavy atom. The van der Waals surface area contributed by atoms with Crippen molar-refractivity contribution in [2.45, 2.75) is 0 Å². The van der Waals surface area contributed by atoms with E-state index in [1.807, 2.05) is 0 Å². The lowest BCUT2D eigenvalue weighted by molar-refractivity contribution is -0.385. The van der Waals surface area contributed by atoms with E-state index in [9.17, 15) is 14.5 Å². The van der Waals surface area contributed by atoms with Gasteiger partial charge >= 0.3 is 0 Å². The molecule has 0 N–H and O–H groups in total. The third-order valence-electron chi connectivity index (χ3n) is 1.70. The van der Waals surface area contributed by atoms with Crippen LogP contribution in [0.2, 0.25) is 0 Å². The minimum Gasteiger partial charge on any atom is -0.258 e. The molecular weight excluding hydrogens is 253 g/mol. The van der Waals surface area contributed by atoms with E-state index in [1.54, 1.807) is 0 Å². The Morgan fingerprint density at radius 2 is 2.29 bits per heavy atom. The molecule has 0 aliphatic carbocycles. The third kappa shape index (κ3) is 1.98. The largest absolute Gasteiger partial charge is 0.279 e. The highest BCUT2D eigenvalue weighted by atomic mass is 79.9. The molecule has 1 aromatic carbocycles. The van der Waals surface area contributed by atoms with Crippen molar-refractivity contribution < 1.29 is 9.31 Å². The van der Waals surface area contributed by atoms with Gasteiger partial charge in [0.1, 0.15) is 5.82 Å². The van der Waals surface area contributed by atoms with Crippen molar-refractivity contribution in [1.29, 1.82) is 0 Å². The van der Waals surface area contributed by atoms with Crippen LogP contribution in [0.4, 0.5) is 10.1 Å². The van der Waals surface area contributed by atoms with E-state index in [1.165, 1.54) is 18.2 Å². The lowest BCUT2D eigenvalue weighted by Gasteiger charge is -2.04. The van der Waals surface area contributed by atoms with Gasteiger partial charge in [-0.05, 0) is 11.6 Å². The Bertz CT molecular complexity index is 392. The van der Waals surface area contributed by atoms with Crippen molar-refractivity contribution in [1.82, 2.24) is 0 Å². The molecule has 74 valence electrons. The molecule has 0 saturated carbocycles. The van der Waals surface area contributed by atoms with E-state index in [0.29, 0.717) is 10.9 Å². The quantitative estimate of drug-likeness (QED) is 0.476. The van der Waals surface area contributed by atoms with Crippen LogP contribution in [-0.4, -0.2) is 10.3 Å². The van der Waals surface area contributed by atoms with Crippen LogP contribution in [0.15, 0.2) is 24.8 Å². The zero-order valence-electron chi connectivity index (χ0n) is 7.17. The molecule has 3 nitrogen and oxygen atoms in total. The number of benzene rings is 1. The highest BCUT2D eigenvalue weighted by Crippen LogP contribution is 2.28. The van der Waals surface area contributed by atoms with Crippen LogP contribution in [0.5, 0.6) is 0 Å². The second-order valence-electron chi connectivity index (χ2n) is 2.63. The number of halogens is 2. The van der Waals surface area contributed by atoms with Crippen molar-refractivity contribution in [3.63, 3.8) is 0 Å². The van der Waals surface area contributed by atoms with Gasteiger partial charge in [0.25, 0.3) is 5.69 Å². The van der Waals surface area contributed by atoms with Crippen LogP contribution in [0, 0.1) is 15.9 Å². The normalized spacial score (nSPS) is 9.86. The van der Waals surface area contributed by atoms with Gasteiger partial charge in [-0.1, -0.05) is 28.6 Å². The van der Waals surface area contributed by atoms with Gasteiger partial charge in [-0.25, -0.2) is 4.39 Å². The average molecular weight is 260 g/mol. The van der Waals surface area contributed by atoms with Gasteiger partial charge in [-0.2, -0.15) is 0 Å². The maximum Gasteiger partial charge on any atom is 0.279 e. The zero-order valence-corrected chi connectivity index (χ0v) is 8.75. The number of nitro groups is 1. The molecular formula is C9H7BrFNO2. The summed E-state index contributed by atoms with van der Waals surface area (Å²) in [5, 5.41) is 10.9. The fourth-order valence-corrected chi connectivity index (χ4v) is 1.36. The summed E-state index contributed by atoms with van der Waals surface area (Å²) in [5.74, 6) is -0.622. The zero-order chi connectivity index (χ0) is 10.7. The third-order valence-corrected chi connectivity index (χ3v) is 2.38. The smallest absolute Gasteiger partial charge is 0.258 e. The number of alkyl halides is 1. The van der Waals surface area contributed by atoms with Crippen LogP contribution in [-0.2, 0) is 0 Å². The lowest BCUT2D eigenvalue weighted by Crippen LogP contribution is -1.98. The second-order valence-corrected chi connectivity index (χ2v) is 3.19. The highest BCUT2D eigenvalue weighted by molar-refractivity contribution is 9.09. The maximum absolute atomic E-state index is 13.3. The monoisotopic (exact) mass is 259 g/mol. The summed E-state index contributed by atoms with van der Waals surface area (Å²) < 4.78 is 13.3. The van der Waals surface area contributed by atoms with Crippen molar-refractivity contribution in [2.75, 3.05) is 5.33 Å². The SMILES string of the molecule is C=C(CBr)c1c(F)cccc1[N+](=O)[O-]. The Morgan fingerprint density at radius 3 is 2.79 bits per heavy atom. The molecule has 0 unspecified atom stereocenters. The minimum atomic E-state index is -0.622. The molecule has 1 rings (SSSR count). The van der Waals surface area contributed by atoms with Crippen LogP contribution < -0.4 is 0 Å². The van der Waals surface area contributed by atoms with Crippen LogP contribution in [0.1, 0.15) is 5.56 Å². The number of rotatable bonds is 3. The first-order valence-electron chi connectivity index (χ1n) is 3.75. The number of hydrogen-bond acceptors (Lipinski definition) is 2. The molecule has 0 radical (unpaired) electrons. The minimum absolute atomic E-state index is 0.0330. The molecule has 0 fully saturated rings. The van der Waals surface area contributed by atoms with Crippen molar-refractivity contribution in [2.24, 2.45) is 0 Å². The molecule has 0 heterocycles. The van der Waals surface area contributed by atoms with Gasteiger partial charge in [-0.3, -0.25) is 10.1 Å². The second kappa shape index (κ2) is 4.32. The van der Waals surface area contributed by atoms with Gasteiger partial charge in [0.15, 0.2) is 0 Å². The molecule has 14 heavy (non-hydrogen) atoms. The summed E-state index contributed by atoms with van der Waals surface area (Å²) in [4.78, 5) is 9.96. The van der Waals surface area contributed by atoms with E-state index < -0.39 is 10.7 Å². The molecule has 5 heteroatoms. The van der Waals surface area contributed by atoms with Gasteiger partial charge < -0.3 is 0 Å². The van der Waals surface area contributed by atoms with Crippen LogP contribution in [0.25, 0.3) is 5.57 Å². The van der Waals surface area contributed by atoms with Crippen LogP contribution in [0.3, 0.4) is 0 Å². The fourth-order valence-electron chi connectivity index (χ4n) is 1.08. The summed E-state index contributed by atoms with van der Waals surface area (Å²) in [7, 11) is 0. The first-order chi connectivity index (χ1) is 6.57. The van der Waals surface area contributed by atoms with Gasteiger partial charge in [-0.15, -0.1) is 0 Å². The van der Waals surface area contributed by atoms with E-state index >= 15 is 0 Å². The number of allylic oxidation sites excluding steroid dienone is 1. The first kappa shape index (κ1) is 10.8. The van der Waals surface area contributed by atoms with E-state index in [0.717, 1.165) is 0 Å². The topological polar surface area (TPSA) is 43.1 Å². The van der Waals surface area contributed by atoms with Crippen molar-refractivity contribution in [3.05, 3.63) is 46.3 Å². The maximum atomic E-state index is 13.3. The summed E-state index contributed by atoms with van der Waals surface area (Å²) in [6.07, 6.45) is 0. The Balaban J connectivity index is 3.36. The molecule has 0 atom stereocenters. The van der Waals surface area contributed by atoms with Crippen molar-refractivity contribution in [3.8, 4) is 0 Å².